The Hall–Kier alpha value is -2.99. The number of carbonyl (C=O) groups excluding carboxylic acids is 1. The van der Waals surface area contributed by atoms with Gasteiger partial charge in [0, 0.05) is 17.6 Å². The quantitative estimate of drug-likeness (QED) is 0.718. The van der Waals surface area contributed by atoms with Gasteiger partial charge in [-0.3, -0.25) is 4.79 Å². The van der Waals surface area contributed by atoms with E-state index in [9.17, 15) is 9.18 Å². The highest BCUT2D eigenvalue weighted by Gasteiger charge is 2.10. The number of anilines is 3. The van der Waals surface area contributed by atoms with Crippen LogP contribution in [0.5, 0.6) is 0 Å². The molecule has 0 fully saturated rings. The first-order chi connectivity index (χ1) is 12.0. The molecule has 7 heteroatoms. The first kappa shape index (κ1) is 16.9. The molecule has 0 saturated heterocycles. The maximum absolute atomic E-state index is 13.2. The van der Waals surface area contributed by atoms with Crippen LogP contribution in [0.1, 0.15) is 16.1 Å². The number of aromatic nitrogens is 2. The second-order valence-electron chi connectivity index (χ2n) is 5.34. The third-order valence-corrected chi connectivity index (χ3v) is 3.66. The summed E-state index contributed by atoms with van der Waals surface area (Å²) in [5.74, 6) is -0.662. The number of benzene rings is 2. The summed E-state index contributed by atoms with van der Waals surface area (Å²) in [6.45, 7) is 1.97. The predicted octanol–water partition coefficient (Wildman–Crippen LogP) is 4.57. The van der Waals surface area contributed by atoms with E-state index in [1.807, 2.05) is 31.2 Å². The minimum Gasteiger partial charge on any atom is -0.324 e. The van der Waals surface area contributed by atoms with Crippen molar-refractivity contribution in [2.24, 2.45) is 0 Å². The van der Waals surface area contributed by atoms with E-state index >= 15 is 0 Å². The van der Waals surface area contributed by atoms with Crippen molar-refractivity contribution in [2.75, 3.05) is 10.6 Å². The highest BCUT2D eigenvalue weighted by atomic mass is 35.5. The van der Waals surface area contributed by atoms with Crippen LogP contribution in [-0.2, 0) is 0 Å². The Kier molecular flexibility index (Phi) is 4.90. The lowest BCUT2D eigenvalue weighted by atomic mass is 10.2. The van der Waals surface area contributed by atoms with E-state index in [0.717, 1.165) is 5.56 Å². The van der Waals surface area contributed by atoms with Gasteiger partial charge in [0.2, 0.25) is 5.95 Å². The van der Waals surface area contributed by atoms with Gasteiger partial charge in [0.05, 0.1) is 5.02 Å². The maximum Gasteiger partial charge on any atom is 0.274 e. The van der Waals surface area contributed by atoms with Crippen LogP contribution in [0.15, 0.2) is 54.7 Å². The van der Waals surface area contributed by atoms with Crippen molar-refractivity contribution in [1.29, 1.82) is 0 Å². The Morgan fingerprint density at radius 1 is 1.08 bits per heavy atom. The van der Waals surface area contributed by atoms with Crippen LogP contribution in [0.4, 0.5) is 21.7 Å². The average Bonchev–Trinajstić information content (AvgIpc) is 2.60. The highest BCUT2D eigenvalue weighted by Crippen LogP contribution is 2.21. The van der Waals surface area contributed by atoms with E-state index in [2.05, 4.69) is 20.6 Å². The molecule has 1 aromatic heterocycles. The molecular weight excluding hydrogens is 343 g/mol. The minimum absolute atomic E-state index is 0.0155. The third-order valence-electron chi connectivity index (χ3n) is 3.37. The van der Waals surface area contributed by atoms with Crippen molar-refractivity contribution in [3.8, 4) is 0 Å². The van der Waals surface area contributed by atoms with Crippen LogP contribution in [0.2, 0.25) is 5.02 Å². The van der Waals surface area contributed by atoms with Crippen LogP contribution >= 0.6 is 11.6 Å². The predicted molar refractivity (Wildman–Crippen MR) is 95.9 cm³/mol. The Morgan fingerprint density at radius 2 is 1.80 bits per heavy atom. The van der Waals surface area contributed by atoms with Gasteiger partial charge in [0.25, 0.3) is 5.91 Å². The maximum atomic E-state index is 13.2. The third kappa shape index (κ3) is 4.30. The van der Waals surface area contributed by atoms with E-state index in [4.69, 9.17) is 11.6 Å². The highest BCUT2D eigenvalue weighted by molar-refractivity contribution is 6.31. The Labute approximate surface area is 148 Å². The second-order valence-corrected chi connectivity index (χ2v) is 5.75. The number of hydrogen-bond donors (Lipinski definition) is 2. The van der Waals surface area contributed by atoms with E-state index in [0.29, 0.717) is 11.4 Å². The summed E-state index contributed by atoms with van der Waals surface area (Å²) < 4.78 is 13.2. The lowest BCUT2D eigenvalue weighted by molar-refractivity contribution is 0.102. The zero-order valence-electron chi connectivity index (χ0n) is 13.3. The molecule has 0 aliphatic rings. The van der Waals surface area contributed by atoms with Crippen molar-refractivity contribution in [3.05, 3.63) is 76.8 Å². The fourth-order valence-corrected chi connectivity index (χ4v) is 2.26. The van der Waals surface area contributed by atoms with Gasteiger partial charge in [-0.15, -0.1) is 0 Å². The number of hydrogen-bond acceptors (Lipinski definition) is 4. The van der Waals surface area contributed by atoms with Gasteiger partial charge in [-0.05, 0) is 43.3 Å². The molecule has 2 aromatic carbocycles. The fourth-order valence-electron chi connectivity index (χ4n) is 2.08. The number of aryl methyl sites for hydroxylation is 1. The molecule has 0 bridgehead atoms. The first-order valence-electron chi connectivity index (χ1n) is 7.44. The molecule has 1 heterocycles. The zero-order chi connectivity index (χ0) is 17.8. The largest absolute Gasteiger partial charge is 0.324 e. The van der Waals surface area contributed by atoms with Crippen LogP contribution in [0.3, 0.4) is 0 Å². The molecule has 1 amide bonds. The average molecular weight is 357 g/mol. The van der Waals surface area contributed by atoms with Crippen LogP contribution < -0.4 is 10.6 Å². The fraction of sp³-hybridized carbons (Fsp3) is 0.0556. The monoisotopic (exact) mass is 356 g/mol. The van der Waals surface area contributed by atoms with Crippen molar-refractivity contribution in [2.45, 2.75) is 6.92 Å². The number of rotatable bonds is 4. The smallest absolute Gasteiger partial charge is 0.274 e. The van der Waals surface area contributed by atoms with Crippen molar-refractivity contribution in [3.63, 3.8) is 0 Å². The summed E-state index contributed by atoms with van der Waals surface area (Å²) in [4.78, 5) is 20.5. The number of nitrogens with zero attached hydrogens (tertiary/aromatic N) is 2. The zero-order valence-corrected chi connectivity index (χ0v) is 14.0. The van der Waals surface area contributed by atoms with E-state index < -0.39 is 5.82 Å². The van der Waals surface area contributed by atoms with Gasteiger partial charge in [-0.1, -0.05) is 29.3 Å². The first-order valence-corrected chi connectivity index (χ1v) is 7.82. The normalized spacial score (nSPS) is 10.4. The molecule has 0 aliphatic heterocycles. The standard InChI is InChI=1S/C18H14ClFN4O/c1-11-2-4-12(5-3-11)22-17(25)16-8-9-21-18(24-16)23-13-6-7-15(20)14(19)10-13/h2-10H,1H3,(H,22,25)(H,21,23,24). The van der Waals surface area contributed by atoms with Gasteiger partial charge in [0.1, 0.15) is 11.5 Å². The van der Waals surface area contributed by atoms with Crippen LogP contribution in [-0.4, -0.2) is 15.9 Å². The van der Waals surface area contributed by atoms with Gasteiger partial charge in [-0.25, -0.2) is 14.4 Å². The summed E-state index contributed by atoms with van der Waals surface area (Å²) in [5.41, 5.74) is 2.49. The summed E-state index contributed by atoms with van der Waals surface area (Å²) in [7, 11) is 0. The van der Waals surface area contributed by atoms with Crippen molar-refractivity contribution < 1.29 is 9.18 Å². The number of nitrogens with one attached hydrogen (secondary N) is 2. The molecule has 0 radical (unpaired) electrons. The van der Waals surface area contributed by atoms with Crippen molar-refractivity contribution in [1.82, 2.24) is 9.97 Å². The Bertz CT molecular complexity index is 915. The van der Waals surface area contributed by atoms with E-state index in [1.54, 1.807) is 0 Å². The van der Waals surface area contributed by atoms with Crippen LogP contribution in [0, 0.1) is 12.7 Å². The minimum atomic E-state index is -0.514. The molecule has 0 saturated carbocycles. The van der Waals surface area contributed by atoms with Gasteiger partial charge < -0.3 is 10.6 Å². The summed E-state index contributed by atoms with van der Waals surface area (Å²) in [6, 6.07) is 13.1. The molecule has 0 spiro atoms. The van der Waals surface area contributed by atoms with Gasteiger partial charge >= 0.3 is 0 Å². The molecule has 0 unspecified atom stereocenters. The number of amides is 1. The molecular formula is C18H14ClFN4O. The molecule has 0 atom stereocenters. The summed E-state index contributed by atoms with van der Waals surface area (Å²) in [5, 5.41) is 5.64. The molecule has 0 aliphatic carbocycles. The molecule has 5 nitrogen and oxygen atoms in total. The Morgan fingerprint density at radius 3 is 2.52 bits per heavy atom. The van der Waals surface area contributed by atoms with Crippen molar-refractivity contribution >= 4 is 34.8 Å². The SMILES string of the molecule is Cc1ccc(NC(=O)c2ccnc(Nc3ccc(F)c(Cl)c3)n2)cc1. The van der Waals surface area contributed by atoms with Gasteiger partial charge in [0.15, 0.2) is 0 Å². The van der Waals surface area contributed by atoms with E-state index in [-0.39, 0.29) is 22.6 Å². The lowest BCUT2D eigenvalue weighted by Crippen LogP contribution is -2.14. The molecule has 126 valence electrons. The second kappa shape index (κ2) is 7.27. The topological polar surface area (TPSA) is 66.9 Å². The molecule has 25 heavy (non-hydrogen) atoms. The van der Waals surface area contributed by atoms with E-state index in [1.165, 1.54) is 30.5 Å². The molecule has 2 N–H and O–H groups in total. The number of carbonyl (C=O) groups is 1. The van der Waals surface area contributed by atoms with Crippen LogP contribution in [0.25, 0.3) is 0 Å². The Balaban J connectivity index is 1.75. The summed E-state index contributed by atoms with van der Waals surface area (Å²) >= 11 is 5.74. The lowest BCUT2D eigenvalue weighted by Gasteiger charge is -2.08. The number of halogens is 2. The van der Waals surface area contributed by atoms with Gasteiger partial charge in [-0.2, -0.15) is 0 Å². The summed E-state index contributed by atoms with van der Waals surface area (Å²) in [6.07, 6.45) is 1.46. The molecule has 3 aromatic rings. The molecule has 3 rings (SSSR count).